The van der Waals surface area contributed by atoms with Gasteiger partial charge in [0.1, 0.15) is 11.9 Å². The number of sulfonamides is 1. The number of nitrogen functional groups attached to an aromatic ring is 1. The number of nitrogens with two attached hydrogens (primary N) is 2. The Morgan fingerprint density at radius 2 is 1.74 bits per heavy atom. The summed E-state index contributed by atoms with van der Waals surface area (Å²) in [6.07, 6.45) is 2.65. The minimum absolute atomic E-state index is 0.0102. The minimum atomic E-state index is -3.86. The zero-order valence-electron chi connectivity index (χ0n) is 18.6. The Kier molecular flexibility index (Phi) is 6.67. The Balaban J connectivity index is 1.53. The molecule has 0 bridgehead atoms. The smallest absolute Gasteiger partial charge is 0.247 e. The maximum atomic E-state index is 13.2. The van der Waals surface area contributed by atoms with Crippen LogP contribution in [0.25, 0.3) is 11.1 Å². The molecule has 0 spiro atoms. The van der Waals surface area contributed by atoms with E-state index in [4.69, 9.17) is 16.3 Å². The summed E-state index contributed by atoms with van der Waals surface area (Å²) in [6.45, 7) is 0.739. The normalized spacial score (nSPS) is 16.1. The summed E-state index contributed by atoms with van der Waals surface area (Å²) in [4.78, 5) is 15.3. The molecule has 6 N–H and O–H groups in total. The van der Waals surface area contributed by atoms with Crippen molar-refractivity contribution in [3.05, 3.63) is 78.4 Å². The first-order valence-corrected chi connectivity index (χ1v) is 12.5. The van der Waals surface area contributed by atoms with Crippen LogP contribution in [0, 0.1) is 5.41 Å². The molecular weight excluding hydrogens is 450 g/mol. The molecule has 176 valence electrons. The van der Waals surface area contributed by atoms with Crippen LogP contribution in [-0.4, -0.2) is 32.7 Å². The predicted molar refractivity (Wildman–Crippen MR) is 134 cm³/mol. The number of piperidine rings is 1. The fourth-order valence-electron chi connectivity index (χ4n) is 4.28. The van der Waals surface area contributed by atoms with Crippen LogP contribution in [0.15, 0.2) is 77.7 Å². The van der Waals surface area contributed by atoms with Gasteiger partial charge in [0.2, 0.25) is 15.9 Å². The number of nitrogens with zero attached hydrogens (tertiary/aromatic N) is 1. The Hall–Kier alpha value is -3.69. The van der Waals surface area contributed by atoms with Gasteiger partial charge in [-0.3, -0.25) is 10.2 Å². The van der Waals surface area contributed by atoms with Crippen molar-refractivity contribution < 1.29 is 13.2 Å². The molecule has 1 aliphatic rings. The van der Waals surface area contributed by atoms with E-state index in [9.17, 15) is 13.2 Å². The Morgan fingerprint density at radius 1 is 1.00 bits per heavy atom. The van der Waals surface area contributed by atoms with E-state index in [1.807, 2.05) is 18.2 Å². The number of carbonyl (C=O) groups is 1. The largest absolute Gasteiger partial charge is 0.384 e. The lowest BCUT2D eigenvalue weighted by Gasteiger charge is -2.36. The van der Waals surface area contributed by atoms with E-state index < -0.39 is 10.0 Å². The summed E-state index contributed by atoms with van der Waals surface area (Å²) < 4.78 is 23.8. The van der Waals surface area contributed by atoms with Crippen molar-refractivity contribution in [2.24, 2.45) is 10.9 Å². The second kappa shape index (κ2) is 9.66. The number of benzene rings is 3. The second-order valence-electron chi connectivity index (χ2n) is 8.28. The quantitative estimate of drug-likeness (QED) is 0.318. The average Bonchev–Trinajstić information content (AvgIpc) is 2.84. The summed E-state index contributed by atoms with van der Waals surface area (Å²) in [5.74, 6) is -0.130. The van der Waals surface area contributed by atoms with Crippen molar-refractivity contribution in [3.8, 4) is 11.1 Å². The van der Waals surface area contributed by atoms with Crippen molar-refractivity contribution in [2.45, 2.75) is 30.2 Å². The average molecular weight is 478 g/mol. The maximum absolute atomic E-state index is 13.2. The van der Waals surface area contributed by atoms with E-state index >= 15 is 0 Å². The molecular formula is C25H27N5O3S. The molecule has 0 aromatic heterocycles. The molecule has 34 heavy (non-hydrogen) atoms. The zero-order valence-corrected chi connectivity index (χ0v) is 19.4. The molecule has 1 fully saturated rings. The van der Waals surface area contributed by atoms with E-state index in [0.717, 1.165) is 31.5 Å². The Labute approximate surface area is 199 Å². The third kappa shape index (κ3) is 5.11. The lowest BCUT2D eigenvalue weighted by molar-refractivity contribution is -0.117. The third-order valence-corrected chi connectivity index (χ3v) is 6.92. The lowest BCUT2D eigenvalue weighted by atomic mass is 9.99. The van der Waals surface area contributed by atoms with Crippen LogP contribution in [0.5, 0.6) is 0 Å². The van der Waals surface area contributed by atoms with Crippen LogP contribution >= 0.6 is 0 Å². The first-order chi connectivity index (χ1) is 16.2. The second-order valence-corrected chi connectivity index (χ2v) is 9.81. The van der Waals surface area contributed by atoms with Gasteiger partial charge in [-0.15, -0.1) is 0 Å². The predicted octanol–water partition coefficient (Wildman–Crippen LogP) is 3.28. The molecule has 9 heteroatoms. The van der Waals surface area contributed by atoms with Gasteiger partial charge in [0.15, 0.2) is 0 Å². The van der Waals surface area contributed by atoms with Crippen LogP contribution < -0.4 is 21.1 Å². The third-order valence-electron chi connectivity index (χ3n) is 5.95. The molecule has 0 unspecified atom stereocenters. The standard InChI is InChI=1S/C25H27N5O3S/c26-24(27)18-6-5-7-20(16-18)30-15-4-3-9-22(30)25(31)29-19-13-11-17(12-14-19)21-8-1-2-10-23(21)34(28,32)33/h1-2,5-8,10-14,16,22H,3-4,9,15H2,(H3,26,27)(H,29,31)(H2,28,32,33)/t22-/m0/s1. The maximum Gasteiger partial charge on any atom is 0.247 e. The SMILES string of the molecule is N=C(N)c1cccc(N2CCCC[C@H]2C(=O)Nc2ccc(-c3ccccc3S(N)(=O)=O)cc2)c1. The number of carbonyl (C=O) groups excluding carboxylic acids is 1. The molecule has 4 rings (SSSR count). The van der Waals surface area contributed by atoms with E-state index in [0.29, 0.717) is 22.4 Å². The van der Waals surface area contributed by atoms with Crippen molar-refractivity contribution in [3.63, 3.8) is 0 Å². The number of rotatable bonds is 6. The van der Waals surface area contributed by atoms with E-state index in [2.05, 4.69) is 10.2 Å². The highest BCUT2D eigenvalue weighted by atomic mass is 32.2. The van der Waals surface area contributed by atoms with Crippen LogP contribution in [0.4, 0.5) is 11.4 Å². The molecule has 8 nitrogen and oxygen atoms in total. The highest BCUT2D eigenvalue weighted by molar-refractivity contribution is 7.89. The molecule has 3 aromatic carbocycles. The van der Waals surface area contributed by atoms with E-state index in [-0.39, 0.29) is 22.7 Å². The van der Waals surface area contributed by atoms with Crippen LogP contribution in [0.1, 0.15) is 24.8 Å². The molecule has 1 heterocycles. The minimum Gasteiger partial charge on any atom is -0.384 e. The van der Waals surface area contributed by atoms with Crippen molar-refractivity contribution >= 4 is 33.1 Å². The van der Waals surface area contributed by atoms with Gasteiger partial charge in [0.25, 0.3) is 0 Å². The number of hydrogen-bond acceptors (Lipinski definition) is 5. The van der Waals surface area contributed by atoms with Crippen LogP contribution in [0.3, 0.4) is 0 Å². The summed E-state index contributed by atoms with van der Waals surface area (Å²) >= 11 is 0. The van der Waals surface area contributed by atoms with Gasteiger partial charge in [0, 0.05) is 29.0 Å². The number of amidine groups is 1. The van der Waals surface area contributed by atoms with Crippen molar-refractivity contribution in [1.29, 1.82) is 5.41 Å². The summed E-state index contributed by atoms with van der Waals surface area (Å²) in [5, 5.41) is 16.0. The van der Waals surface area contributed by atoms with Gasteiger partial charge < -0.3 is 16.0 Å². The molecule has 3 aromatic rings. The fraction of sp³-hybridized carbons (Fsp3) is 0.200. The lowest BCUT2D eigenvalue weighted by Crippen LogP contribution is -2.47. The molecule has 0 aliphatic carbocycles. The van der Waals surface area contributed by atoms with E-state index in [1.165, 1.54) is 6.07 Å². The topological polar surface area (TPSA) is 142 Å². The van der Waals surface area contributed by atoms with Gasteiger partial charge in [-0.2, -0.15) is 0 Å². The highest BCUT2D eigenvalue weighted by Crippen LogP contribution is 2.29. The molecule has 1 amide bonds. The van der Waals surface area contributed by atoms with Crippen LogP contribution in [-0.2, 0) is 14.8 Å². The van der Waals surface area contributed by atoms with Gasteiger partial charge >= 0.3 is 0 Å². The van der Waals surface area contributed by atoms with Crippen LogP contribution in [0.2, 0.25) is 0 Å². The molecule has 0 saturated carbocycles. The van der Waals surface area contributed by atoms with E-state index in [1.54, 1.807) is 48.5 Å². The monoisotopic (exact) mass is 477 g/mol. The zero-order chi connectivity index (χ0) is 24.3. The highest BCUT2D eigenvalue weighted by Gasteiger charge is 2.29. The Bertz CT molecular complexity index is 1320. The number of anilines is 2. The molecule has 1 aliphatic heterocycles. The first kappa shape index (κ1) is 23.5. The number of primary sulfonamides is 1. The van der Waals surface area contributed by atoms with Gasteiger partial charge in [0.05, 0.1) is 4.90 Å². The Morgan fingerprint density at radius 3 is 2.44 bits per heavy atom. The summed E-state index contributed by atoms with van der Waals surface area (Å²) in [5.41, 5.74) is 8.93. The number of amides is 1. The van der Waals surface area contributed by atoms with Gasteiger partial charge in [-0.05, 0) is 55.2 Å². The number of nitrogens with one attached hydrogen (secondary N) is 2. The molecule has 1 atom stereocenters. The van der Waals surface area contributed by atoms with Gasteiger partial charge in [-0.1, -0.05) is 42.5 Å². The number of hydrogen-bond donors (Lipinski definition) is 4. The van der Waals surface area contributed by atoms with Gasteiger partial charge in [-0.25, -0.2) is 13.6 Å². The fourth-order valence-corrected chi connectivity index (χ4v) is 5.04. The summed E-state index contributed by atoms with van der Waals surface area (Å²) in [6, 6.07) is 20.6. The van der Waals surface area contributed by atoms with Crippen molar-refractivity contribution in [1.82, 2.24) is 0 Å². The molecule has 0 radical (unpaired) electrons. The molecule has 1 saturated heterocycles. The van der Waals surface area contributed by atoms with Crippen molar-refractivity contribution in [2.75, 3.05) is 16.8 Å². The first-order valence-electron chi connectivity index (χ1n) is 11.0. The summed E-state index contributed by atoms with van der Waals surface area (Å²) in [7, 11) is -3.86.